The smallest absolute Gasteiger partial charge is 0.169 e. The first-order chi connectivity index (χ1) is 7.13. The second-order valence-electron chi connectivity index (χ2n) is 3.78. The molecule has 0 saturated carbocycles. The number of aliphatic hydroxyl groups is 1. The maximum atomic E-state index is 9.19. The molecule has 15 heavy (non-hydrogen) atoms. The van der Waals surface area contributed by atoms with Gasteiger partial charge in [0.15, 0.2) is 5.82 Å². The van der Waals surface area contributed by atoms with Crippen LogP contribution in [0.15, 0.2) is 0 Å². The predicted molar refractivity (Wildman–Crippen MR) is 54.4 cm³/mol. The minimum absolute atomic E-state index is 0.306. The minimum Gasteiger partial charge on any atom is -0.389 e. The zero-order valence-corrected chi connectivity index (χ0v) is 8.73. The lowest BCUT2D eigenvalue weighted by Gasteiger charge is -2.37. The summed E-state index contributed by atoms with van der Waals surface area (Å²) in [5.74, 6) is 0.589. The predicted octanol–water partition coefficient (Wildman–Crippen LogP) is 0.146. The molecule has 1 fully saturated rings. The van der Waals surface area contributed by atoms with Crippen molar-refractivity contribution in [1.29, 1.82) is 5.26 Å². The quantitative estimate of drug-likeness (QED) is 0.704. The highest BCUT2D eigenvalue weighted by atomic mass is 16.3. The third kappa shape index (κ3) is 1.53. The van der Waals surface area contributed by atoms with Crippen LogP contribution in [0.1, 0.15) is 16.8 Å². The molecule has 0 radical (unpaired) electrons. The Morgan fingerprint density at radius 2 is 2.07 bits per heavy atom. The first-order valence-electron chi connectivity index (χ1n) is 4.80. The third-order valence-electron chi connectivity index (χ3n) is 2.71. The summed E-state index contributed by atoms with van der Waals surface area (Å²) in [6, 6.07) is 2.14. The van der Waals surface area contributed by atoms with Crippen molar-refractivity contribution in [1.82, 2.24) is 10.2 Å². The van der Waals surface area contributed by atoms with E-state index in [1.54, 1.807) is 0 Å². The standard InChI is InChI=1S/C10H12N4O/c1-6-7(2)12-13-10(9(6)3-11)14-4-8(15)5-14/h8,15H,4-5H2,1-2H3. The lowest BCUT2D eigenvalue weighted by Crippen LogP contribution is -2.51. The van der Waals surface area contributed by atoms with Crippen LogP contribution in [0.3, 0.4) is 0 Å². The van der Waals surface area contributed by atoms with Gasteiger partial charge in [-0.05, 0) is 19.4 Å². The summed E-state index contributed by atoms with van der Waals surface area (Å²) in [6.07, 6.45) is -0.306. The van der Waals surface area contributed by atoms with Gasteiger partial charge in [-0.25, -0.2) is 0 Å². The third-order valence-corrected chi connectivity index (χ3v) is 2.71. The maximum Gasteiger partial charge on any atom is 0.169 e. The van der Waals surface area contributed by atoms with Gasteiger partial charge in [-0.3, -0.25) is 0 Å². The Morgan fingerprint density at radius 3 is 2.60 bits per heavy atom. The second kappa shape index (κ2) is 3.48. The highest BCUT2D eigenvalue weighted by molar-refractivity contribution is 5.58. The number of aromatic nitrogens is 2. The molecule has 1 saturated heterocycles. The topological polar surface area (TPSA) is 73.0 Å². The van der Waals surface area contributed by atoms with Gasteiger partial charge in [-0.1, -0.05) is 0 Å². The Morgan fingerprint density at radius 1 is 1.40 bits per heavy atom. The lowest BCUT2D eigenvalue weighted by atomic mass is 10.1. The van der Waals surface area contributed by atoms with Gasteiger partial charge >= 0.3 is 0 Å². The number of hydrogen-bond acceptors (Lipinski definition) is 5. The summed E-state index contributed by atoms with van der Waals surface area (Å²) in [6.45, 7) is 4.76. The van der Waals surface area contributed by atoms with Crippen molar-refractivity contribution in [3.8, 4) is 6.07 Å². The second-order valence-corrected chi connectivity index (χ2v) is 3.78. The first-order valence-corrected chi connectivity index (χ1v) is 4.80. The molecule has 1 aliphatic rings. The number of aryl methyl sites for hydroxylation is 1. The average molecular weight is 204 g/mol. The van der Waals surface area contributed by atoms with E-state index in [1.807, 2.05) is 18.7 Å². The summed E-state index contributed by atoms with van der Waals surface area (Å²) in [4.78, 5) is 1.86. The summed E-state index contributed by atoms with van der Waals surface area (Å²) in [7, 11) is 0. The van der Waals surface area contributed by atoms with Crippen molar-refractivity contribution in [3.63, 3.8) is 0 Å². The van der Waals surface area contributed by atoms with E-state index in [-0.39, 0.29) is 6.10 Å². The SMILES string of the molecule is Cc1nnc(N2CC(O)C2)c(C#N)c1C. The van der Waals surface area contributed by atoms with Crippen LogP contribution in [0.5, 0.6) is 0 Å². The number of rotatable bonds is 1. The van der Waals surface area contributed by atoms with Crippen LogP contribution < -0.4 is 4.90 Å². The Balaban J connectivity index is 2.40. The fourth-order valence-electron chi connectivity index (χ4n) is 1.58. The number of aliphatic hydroxyl groups excluding tert-OH is 1. The summed E-state index contributed by atoms with van der Waals surface area (Å²) >= 11 is 0. The van der Waals surface area contributed by atoms with Gasteiger partial charge in [-0.2, -0.15) is 10.4 Å². The Labute approximate surface area is 88.0 Å². The molecule has 2 rings (SSSR count). The van der Waals surface area contributed by atoms with Crippen molar-refractivity contribution in [2.24, 2.45) is 0 Å². The average Bonchev–Trinajstić information content (AvgIpc) is 2.18. The van der Waals surface area contributed by atoms with E-state index in [9.17, 15) is 5.11 Å². The van der Waals surface area contributed by atoms with Crippen molar-refractivity contribution in [3.05, 3.63) is 16.8 Å². The minimum atomic E-state index is -0.306. The van der Waals surface area contributed by atoms with Crippen LogP contribution in [0.4, 0.5) is 5.82 Å². The van der Waals surface area contributed by atoms with Crippen molar-refractivity contribution in [2.75, 3.05) is 18.0 Å². The van der Waals surface area contributed by atoms with Crippen LogP contribution in [0.25, 0.3) is 0 Å². The number of anilines is 1. The van der Waals surface area contributed by atoms with E-state index < -0.39 is 0 Å². The molecule has 1 aromatic rings. The zero-order chi connectivity index (χ0) is 11.0. The molecule has 0 bridgehead atoms. The molecule has 1 aromatic heterocycles. The molecular weight excluding hydrogens is 192 g/mol. The summed E-state index contributed by atoms with van der Waals surface area (Å²) in [5.41, 5.74) is 2.20. The molecule has 0 unspecified atom stereocenters. The Bertz CT molecular complexity index is 432. The van der Waals surface area contributed by atoms with E-state index in [0.717, 1.165) is 11.3 Å². The zero-order valence-electron chi connectivity index (χ0n) is 8.73. The maximum absolute atomic E-state index is 9.19. The van der Waals surface area contributed by atoms with Crippen LogP contribution in [-0.2, 0) is 0 Å². The van der Waals surface area contributed by atoms with Crippen LogP contribution in [0, 0.1) is 25.2 Å². The van der Waals surface area contributed by atoms with Crippen LogP contribution in [-0.4, -0.2) is 34.5 Å². The molecule has 0 spiro atoms. The van der Waals surface area contributed by atoms with Gasteiger partial charge in [0.1, 0.15) is 11.6 Å². The molecule has 0 atom stereocenters. The molecule has 0 aliphatic carbocycles. The highest BCUT2D eigenvalue weighted by Gasteiger charge is 2.28. The van der Waals surface area contributed by atoms with Gasteiger partial charge in [0.25, 0.3) is 0 Å². The van der Waals surface area contributed by atoms with Crippen LogP contribution >= 0.6 is 0 Å². The molecule has 5 nitrogen and oxygen atoms in total. The van der Waals surface area contributed by atoms with Crippen molar-refractivity contribution < 1.29 is 5.11 Å². The van der Waals surface area contributed by atoms with Gasteiger partial charge in [0.2, 0.25) is 0 Å². The molecule has 5 heteroatoms. The fourth-order valence-corrected chi connectivity index (χ4v) is 1.58. The van der Waals surface area contributed by atoms with Gasteiger partial charge in [-0.15, -0.1) is 5.10 Å². The summed E-state index contributed by atoms with van der Waals surface area (Å²) in [5, 5.41) is 26.2. The summed E-state index contributed by atoms with van der Waals surface area (Å²) < 4.78 is 0. The number of hydrogen-bond donors (Lipinski definition) is 1. The number of nitrogens with zero attached hydrogens (tertiary/aromatic N) is 4. The molecule has 78 valence electrons. The van der Waals surface area contributed by atoms with E-state index in [0.29, 0.717) is 24.5 Å². The van der Waals surface area contributed by atoms with E-state index >= 15 is 0 Å². The van der Waals surface area contributed by atoms with Crippen LogP contribution in [0.2, 0.25) is 0 Å². The first kappa shape index (κ1) is 9.87. The molecule has 1 aliphatic heterocycles. The van der Waals surface area contributed by atoms with Crippen molar-refractivity contribution in [2.45, 2.75) is 20.0 Å². The highest BCUT2D eigenvalue weighted by Crippen LogP contribution is 2.24. The van der Waals surface area contributed by atoms with E-state index in [1.165, 1.54) is 0 Å². The van der Waals surface area contributed by atoms with E-state index in [4.69, 9.17) is 5.26 Å². The lowest BCUT2D eigenvalue weighted by molar-refractivity contribution is 0.141. The van der Waals surface area contributed by atoms with E-state index in [2.05, 4.69) is 16.3 Å². The normalized spacial score (nSPS) is 16.0. The number of nitriles is 1. The largest absolute Gasteiger partial charge is 0.389 e. The van der Waals surface area contributed by atoms with Gasteiger partial charge in [0, 0.05) is 13.1 Å². The molecule has 1 N–H and O–H groups in total. The number of β-amino-alcohol motifs (C(OH)–C–C–N with tert-alkyl or cyclic N) is 1. The monoisotopic (exact) mass is 204 g/mol. The van der Waals surface area contributed by atoms with Crippen molar-refractivity contribution >= 4 is 5.82 Å². The molecule has 0 aromatic carbocycles. The van der Waals surface area contributed by atoms with Gasteiger partial charge in [0.05, 0.1) is 11.8 Å². The molecule has 0 amide bonds. The fraction of sp³-hybridized carbons (Fsp3) is 0.500. The molecule has 2 heterocycles. The Hall–Kier alpha value is -1.67. The molecular formula is C10H12N4O. The Kier molecular flexibility index (Phi) is 2.29. The van der Waals surface area contributed by atoms with Gasteiger partial charge < -0.3 is 10.0 Å².